The molecule has 0 bridgehead atoms. The summed E-state index contributed by atoms with van der Waals surface area (Å²) in [4.78, 5) is 45.2. The van der Waals surface area contributed by atoms with E-state index in [-0.39, 0.29) is 13.1 Å². The van der Waals surface area contributed by atoms with Gasteiger partial charge in [-0.3, -0.25) is 14.4 Å². The zero-order valence-electron chi connectivity index (χ0n) is 12.5. The van der Waals surface area contributed by atoms with Crippen LogP contribution in [0.3, 0.4) is 0 Å². The lowest BCUT2D eigenvalue weighted by Gasteiger charge is -2.16. The largest absolute Gasteiger partial charge is 0.480 e. The first kappa shape index (κ1) is 20.2. The molecule has 9 nitrogen and oxygen atoms in total. The Balaban J connectivity index is 4.22. The summed E-state index contributed by atoms with van der Waals surface area (Å²) in [5, 5.41) is 15.9. The minimum Gasteiger partial charge on any atom is -0.480 e. The van der Waals surface area contributed by atoms with Crippen molar-refractivity contribution in [3.63, 3.8) is 0 Å². The van der Waals surface area contributed by atoms with Gasteiger partial charge in [-0.25, -0.2) is 4.79 Å². The van der Waals surface area contributed by atoms with Gasteiger partial charge in [-0.15, -0.1) is 0 Å². The van der Waals surface area contributed by atoms with Crippen LogP contribution in [-0.2, 0) is 19.2 Å². The van der Waals surface area contributed by atoms with E-state index in [1.54, 1.807) is 0 Å². The van der Waals surface area contributed by atoms with Crippen LogP contribution in [-0.4, -0.2) is 66.0 Å². The van der Waals surface area contributed by atoms with Crippen LogP contribution in [0.4, 0.5) is 0 Å². The van der Waals surface area contributed by atoms with Crippen LogP contribution in [0.1, 0.15) is 13.3 Å². The van der Waals surface area contributed by atoms with Gasteiger partial charge in [0.05, 0.1) is 13.1 Å². The van der Waals surface area contributed by atoms with Gasteiger partial charge in [-0.05, 0) is 25.4 Å². The van der Waals surface area contributed by atoms with E-state index in [1.165, 1.54) is 18.7 Å². The lowest BCUT2D eigenvalue weighted by atomic mass is 10.2. The third kappa shape index (κ3) is 8.47. The van der Waals surface area contributed by atoms with E-state index >= 15 is 0 Å². The molecule has 0 saturated heterocycles. The van der Waals surface area contributed by atoms with E-state index in [1.807, 2.05) is 6.26 Å². The molecule has 2 atom stereocenters. The zero-order chi connectivity index (χ0) is 17.1. The normalized spacial score (nSPS) is 12.9. The third-order valence-electron chi connectivity index (χ3n) is 2.62. The van der Waals surface area contributed by atoms with Crippen LogP contribution in [0.15, 0.2) is 0 Å². The summed E-state index contributed by atoms with van der Waals surface area (Å²) in [5.74, 6) is -2.20. The van der Waals surface area contributed by atoms with E-state index in [9.17, 15) is 19.2 Å². The first-order valence-electron chi connectivity index (χ1n) is 6.60. The Morgan fingerprint density at radius 3 is 2.32 bits per heavy atom. The number of amides is 3. The number of hydrogen-bond donors (Lipinski definition) is 5. The van der Waals surface area contributed by atoms with Crippen molar-refractivity contribution in [2.45, 2.75) is 25.4 Å². The Hall–Kier alpha value is -1.81. The summed E-state index contributed by atoms with van der Waals surface area (Å²) in [6.45, 7) is 0.831. The summed E-state index contributed by atoms with van der Waals surface area (Å²) in [5.41, 5.74) is 5.10. The van der Waals surface area contributed by atoms with Gasteiger partial charge < -0.3 is 26.8 Å². The van der Waals surface area contributed by atoms with E-state index in [0.717, 1.165) is 0 Å². The van der Waals surface area contributed by atoms with Crippen LogP contribution in [0.25, 0.3) is 0 Å². The Bertz CT molecular complexity index is 418. The number of hydrogen-bond acceptors (Lipinski definition) is 6. The molecule has 0 aliphatic heterocycles. The van der Waals surface area contributed by atoms with Crippen LogP contribution in [0.5, 0.6) is 0 Å². The SMILES string of the molecule is CSCCC(NC(=O)CNC(=O)C(C)NC(=O)CN)C(=O)O. The summed E-state index contributed by atoms with van der Waals surface area (Å²) >= 11 is 1.47. The molecule has 0 aromatic rings. The number of thioether (sulfide) groups is 1. The van der Waals surface area contributed by atoms with Crippen molar-refractivity contribution in [2.75, 3.05) is 25.1 Å². The molecule has 0 rings (SSSR count). The van der Waals surface area contributed by atoms with Gasteiger partial charge in [0.1, 0.15) is 12.1 Å². The molecule has 0 fully saturated rings. The minimum atomic E-state index is -1.13. The second-order valence-corrected chi connectivity index (χ2v) is 5.44. The number of nitrogens with one attached hydrogen (secondary N) is 3. The van der Waals surface area contributed by atoms with E-state index in [4.69, 9.17) is 10.8 Å². The second-order valence-electron chi connectivity index (χ2n) is 4.45. The highest BCUT2D eigenvalue weighted by atomic mass is 32.2. The molecule has 3 amide bonds. The van der Waals surface area contributed by atoms with Crippen LogP contribution >= 0.6 is 11.8 Å². The summed E-state index contributed by atoms with van der Waals surface area (Å²) in [6, 6.07) is -1.83. The maximum absolute atomic E-state index is 11.6. The molecule has 0 aromatic heterocycles. The Morgan fingerprint density at radius 2 is 1.82 bits per heavy atom. The number of carboxylic acids is 1. The topological polar surface area (TPSA) is 151 Å². The predicted molar refractivity (Wildman–Crippen MR) is 82.2 cm³/mol. The van der Waals surface area contributed by atoms with E-state index < -0.39 is 35.8 Å². The fourth-order valence-corrected chi connectivity index (χ4v) is 1.90. The monoisotopic (exact) mass is 334 g/mol. The average Bonchev–Trinajstić information content (AvgIpc) is 2.48. The van der Waals surface area contributed by atoms with Crippen LogP contribution in [0, 0.1) is 0 Å². The molecule has 0 spiro atoms. The first-order chi connectivity index (χ1) is 10.3. The summed E-state index contributed by atoms with van der Waals surface area (Å²) < 4.78 is 0. The van der Waals surface area contributed by atoms with Crippen molar-refractivity contribution in [1.82, 2.24) is 16.0 Å². The van der Waals surface area contributed by atoms with Gasteiger partial charge in [0.15, 0.2) is 0 Å². The number of rotatable bonds is 10. The quantitative estimate of drug-likeness (QED) is 0.307. The minimum absolute atomic E-state index is 0.242. The van der Waals surface area contributed by atoms with E-state index in [2.05, 4.69) is 16.0 Å². The van der Waals surface area contributed by atoms with E-state index in [0.29, 0.717) is 12.2 Å². The molecule has 0 saturated carbocycles. The van der Waals surface area contributed by atoms with Crippen LogP contribution < -0.4 is 21.7 Å². The smallest absolute Gasteiger partial charge is 0.326 e. The standard InChI is InChI=1S/C12H22N4O5S/c1-7(15-9(17)5-13)11(19)14-6-10(18)16-8(12(20)21)3-4-22-2/h7-8H,3-6,13H2,1-2H3,(H,14,19)(H,15,17)(H,16,18)(H,20,21). The zero-order valence-corrected chi connectivity index (χ0v) is 13.4. The molecule has 22 heavy (non-hydrogen) atoms. The highest BCUT2D eigenvalue weighted by Gasteiger charge is 2.20. The highest BCUT2D eigenvalue weighted by Crippen LogP contribution is 2.00. The van der Waals surface area contributed by atoms with Gasteiger partial charge in [0, 0.05) is 0 Å². The molecule has 0 aliphatic carbocycles. The molecule has 6 N–H and O–H groups in total. The number of nitrogens with two attached hydrogens (primary N) is 1. The predicted octanol–water partition coefficient (Wildman–Crippen LogP) is -2.11. The Kier molecular flexibility index (Phi) is 9.96. The number of aliphatic carboxylic acids is 1. The molecular formula is C12H22N4O5S. The fourth-order valence-electron chi connectivity index (χ4n) is 1.42. The summed E-state index contributed by atoms with van der Waals surface area (Å²) in [6.07, 6.45) is 2.12. The van der Waals surface area contributed by atoms with Gasteiger partial charge in [-0.1, -0.05) is 0 Å². The van der Waals surface area contributed by atoms with Gasteiger partial charge in [0.25, 0.3) is 0 Å². The molecule has 0 heterocycles. The van der Waals surface area contributed by atoms with Crippen molar-refractivity contribution in [1.29, 1.82) is 0 Å². The van der Waals surface area contributed by atoms with Crippen molar-refractivity contribution in [3.05, 3.63) is 0 Å². The first-order valence-corrected chi connectivity index (χ1v) is 7.99. The lowest BCUT2D eigenvalue weighted by molar-refractivity contribution is -0.141. The van der Waals surface area contributed by atoms with Gasteiger partial charge in [0.2, 0.25) is 17.7 Å². The Morgan fingerprint density at radius 1 is 1.18 bits per heavy atom. The number of carbonyl (C=O) groups is 4. The molecule has 0 aromatic carbocycles. The number of carboxylic acid groups (broad SMARTS) is 1. The molecule has 10 heteroatoms. The van der Waals surface area contributed by atoms with Gasteiger partial charge >= 0.3 is 5.97 Å². The molecular weight excluding hydrogens is 312 g/mol. The fraction of sp³-hybridized carbons (Fsp3) is 0.667. The van der Waals surface area contributed by atoms with Crippen molar-refractivity contribution >= 4 is 35.5 Å². The van der Waals surface area contributed by atoms with Crippen molar-refractivity contribution < 1.29 is 24.3 Å². The van der Waals surface area contributed by atoms with Gasteiger partial charge in [-0.2, -0.15) is 11.8 Å². The second kappa shape index (κ2) is 10.9. The number of carbonyl (C=O) groups excluding carboxylic acids is 3. The molecule has 0 aliphatic rings. The average molecular weight is 334 g/mol. The van der Waals surface area contributed by atoms with Crippen molar-refractivity contribution in [3.8, 4) is 0 Å². The molecule has 2 unspecified atom stereocenters. The van der Waals surface area contributed by atoms with Crippen LogP contribution in [0.2, 0.25) is 0 Å². The maximum Gasteiger partial charge on any atom is 0.326 e. The highest BCUT2D eigenvalue weighted by molar-refractivity contribution is 7.98. The Labute approximate surface area is 132 Å². The third-order valence-corrected chi connectivity index (χ3v) is 3.27. The summed E-state index contributed by atoms with van der Waals surface area (Å²) in [7, 11) is 0. The lowest BCUT2D eigenvalue weighted by Crippen LogP contribution is -2.50. The maximum atomic E-state index is 11.6. The molecule has 0 radical (unpaired) electrons. The molecule has 126 valence electrons. The van der Waals surface area contributed by atoms with Crippen molar-refractivity contribution in [2.24, 2.45) is 5.73 Å².